The summed E-state index contributed by atoms with van der Waals surface area (Å²) in [7, 11) is 0. The summed E-state index contributed by atoms with van der Waals surface area (Å²) in [6.07, 6.45) is 4.16. The number of fused-ring (bicyclic) bond motifs is 1. The highest BCUT2D eigenvalue weighted by Crippen LogP contribution is 2.36. The number of ether oxygens (including phenoxy) is 1. The third kappa shape index (κ3) is 5.36. The number of carbonyl (C=O) groups excluding carboxylic acids is 2. The summed E-state index contributed by atoms with van der Waals surface area (Å²) < 4.78 is 5.80. The van der Waals surface area contributed by atoms with Crippen LogP contribution < -0.4 is 5.32 Å². The lowest BCUT2D eigenvalue weighted by Gasteiger charge is -2.32. The average Bonchev–Trinajstić information content (AvgIpc) is 3.17. The maximum absolute atomic E-state index is 13.2. The molecule has 1 aliphatic heterocycles. The molecule has 7 heteroatoms. The zero-order valence-electron chi connectivity index (χ0n) is 17.4. The lowest BCUT2D eigenvalue weighted by molar-refractivity contribution is -0.147. The number of rotatable bonds is 9. The summed E-state index contributed by atoms with van der Waals surface area (Å²) in [5.41, 5.74) is 1.25. The lowest BCUT2D eigenvalue weighted by atomic mass is 9.97. The van der Waals surface area contributed by atoms with E-state index in [1.54, 1.807) is 4.90 Å². The molecule has 7 nitrogen and oxygen atoms in total. The molecule has 3 rings (SSSR count). The van der Waals surface area contributed by atoms with E-state index in [-0.39, 0.29) is 24.9 Å². The average molecular weight is 415 g/mol. The number of hydrogen-bond donors (Lipinski definition) is 2. The number of nitrogens with one attached hydrogen (secondary N) is 1. The van der Waals surface area contributed by atoms with Crippen molar-refractivity contribution in [1.29, 1.82) is 0 Å². The highest BCUT2D eigenvalue weighted by atomic mass is 16.5. The van der Waals surface area contributed by atoms with E-state index in [4.69, 9.17) is 4.74 Å². The molecule has 1 aliphatic carbocycles. The van der Waals surface area contributed by atoms with Crippen LogP contribution in [0.4, 0.5) is 0 Å². The van der Waals surface area contributed by atoms with Gasteiger partial charge in [-0.1, -0.05) is 36.8 Å². The first-order valence-corrected chi connectivity index (χ1v) is 10.7. The van der Waals surface area contributed by atoms with E-state index in [1.165, 1.54) is 0 Å². The highest BCUT2D eigenvalue weighted by Gasteiger charge is 2.41. The van der Waals surface area contributed by atoms with Gasteiger partial charge in [0.2, 0.25) is 5.91 Å². The molecule has 1 aromatic carbocycles. The van der Waals surface area contributed by atoms with E-state index < -0.39 is 18.2 Å². The maximum Gasteiger partial charge on any atom is 0.323 e. The Labute approximate surface area is 177 Å². The molecule has 1 saturated carbocycles. The van der Waals surface area contributed by atoms with Crippen LogP contribution in [0.5, 0.6) is 0 Å². The minimum Gasteiger partial charge on any atom is -0.480 e. The van der Waals surface area contributed by atoms with E-state index in [9.17, 15) is 19.5 Å². The molecule has 2 unspecified atom stereocenters. The summed E-state index contributed by atoms with van der Waals surface area (Å²) in [4.78, 5) is 37.8. The Bertz CT molecular complexity index is 790. The smallest absolute Gasteiger partial charge is 0.323 e. The van der Waals surface area contributed by atoms with Gasteiger partial charge < -0.3 is 14.7 Å². The fourth-order valence-corrected chi connectivity index (χ4v) is 4.76. The number of carbonyl (C=O) groups is 2. The van der Waals surface area contributed by atoms with Crippen LogP contribution in [0.15, 0.2) is 30.3 Å². The number of amides is 1. The zero-order chi connectivity index (χ0) is 21.5. The summed E-state index contributed by atoms with van der Waals surface area (Å²) in [5.74, 6) is 1.18. The number of hydrogen-bond acceptors (Lipinski definition) is 5. The molecule has 4 atom stereocenters. The first kappa shape index (κ1) is 22.2. The Morgan fingerprint density at radius 3 is 2.70 bits per heavy atom. The molecule has 30 heavy (non-hydrogen) atoms. The van der Waals surface area contributed by atoms with Crippen molar-refractivity contribution in [2.24, 2.45) is 5.92 Å². The Hall–Kier alpha value is -2.47. The maximum atomic E-state index is 13.2. The number of benzene rings is 1. The number of carboxylic acid groups (broad SMARTS) is 1. The first-order chi connectivity index (χ1) is 14.5. The Morgan fingerprint density at radius 2 is 2.03 bits per heavy atom. The topological polar surface area (TPSA) is 95.9 Å². The normalized spacial score (nSPS) is 24.6. The molecule has 0 radical (unpaired) electrons. The van der Waals surface area contributed by atoms with Gasteiger partial charge >= 0.3 is 5.97 Å². The summed E-state index contributed by atoms with van der Waals surface area (Å²) in [6, 6.07) is 8.74. The quantitative estimate of drug-likeness (QED) is 0.476. The Morgan fingerprint density at radius 1 is 1.27 bits per heavy atom. The van der Waals surface area contributed by atoms with Gasteiger partial charge in [0.05, 0.1) is 6.04 Å². The molecule has 2 aliphatic rings. The van der Waals surface area contributed by atoms with Crippen molar-refractivity contribution < 1.29 is 24.2 Å². The van der Waals surface area contributed by atoms with Crippen LogP contribution in [0.3, 0.4) is 0 Å². The predicted molar refractivity (Wildman–Crippen MR) is 112 cm³/mol. The molecular formula is C23H30N2O5. The van der Waals surface area contributed by atoms with Crippen molar-refractivity contribution in [2.45, 2.75) is 63.8 Å². The van der Waals surface area contributed by atoms with Gasteiger partial charge in [0.25, 0.3) is 0 Å². The summed E-state index contributed by atoms with van der Waals surface area (Å²) in [6.45, 7) is 2.00. The van der Waals surface area contributed by atoms with E-state index in [0.717, 1.165) is 31.2 Å². The van der Waals surface area contributed by atoms with Crippen LogP contribution in [0, 0.1) is 5.92 Å². The number of likely N-dealkylation sites (tertiary alicyclic amines) is 1. The highest BCUT2D eigenvalue weighted by molar-refractivity contribution is 5.88. The van der Waals surface area contributed by atoms with Crippen LogP contribution in [-0.4, -0.2) is 59.3 Å². The van der Waals surface area contributed by atoms with Gasteiger partial charge in [-0.25, -0.2) is 4.79 Å². The van der Waals surface area contributed by atoms with E-state index >= 15 is 0 Å². The minimum absolute atomic E-state index is 0.000643. The Kier molecular flexibility index (Phi) is 7.80. The molecular weight excluding hydrogens is 384 g/mol. The summed E-state index contributed by atoms with van der Waals surface area (Å²) >= 11 is 0. The van der Waals surface area contributed by atoms with Gasteiger partial charge in [-0.05, 0) is 44.1 Å². The molecule has 2 fully saturated rings. The molecule has 1 saturated heterocycles. The fourth-order valence-electron chi connectivity index (χ4n) is 4.76. The minimum atomic E-state index is -0.994. The van der Waals surface area contributed by atoms with Gasteiger partial charge in [0.15, 0.2) is 0 Å². The van der Waals surface area contributed by atoms with Crippen molar-refractivity contribution in [3.05, 3.63) is 35.9 Å². The molecule has 162 valence electrons. The van der Waals surface area contributed by atoms with Crippen LogP contribution in [0.1, 0.15) is 51.0 Å². The molecule has 0 aromatic heterocycles. The van der Waals surface area contributed by atoms with Gasteiger partial charge in [-0.15, -0.1) is 0 Å². The second kappa shape index (κ2) is 10.5. The molecule has 1 heterocycles. The van der Waals surface area contributed by atoms with E-state index in [1.807, 2.05) is 43.2 Å². The molecule has 1 aromatic rings. The number of nitrogens with zero attached hydrogens (tertiary/aromatic N) is 1. The van der Waals surface area contributed by atoms with Crippen molar-refractivity contribution >= 4 is 23.4 Å². The van der Waals surface area contributed by atoms with Crippen LogP contribution in [0.25, 0.3) is 5.57 Å². The van der Waals surface area contributed by atoms with Crippen LogP contribution in [0.2, 0.25) is 0 Å². The van der Waals surface area contributed by atoms with Gasteiger partial charge in [0.1, 0.15) is 18.7 Å². The van der Waals surface area contributed by atoms with E-state index in [0.29, 0.717) is 24.5 Å². The number of carboxylic acids is 1. The SMILES string of the molecule is CCO[C@@H](CC(=C=O)c1ccccc1)N[C@H]1CCC2CCCC2N(CC(=O)O)C1=O. The second-order valence-electron chi connectivity index (χ2n) is 8.01. The lowest BCUT2D eigenvalue weighted by Crippen LogP contribution is -2.53. The van der Waals surface area contributed by atoms with Gasteiger partial charge in [-0.2, -0.15) is 0 Å². The molecule has 1 amide bonds. The predicted octanol–water partition coefficient (Wildman–Crippen LogP) is 2.49. The summed E-state index contributed by atoms with van der Waals surface area (Å²) in [5, 5.41) is 12.6. The van der Waals surface area contributed by atoms with Crippen LogP contribution >= 0.6 is 0 Å². The standard InChI is InChI=1S/C23H30N2O5/c1-2-30-21(13-18(15-26)16-7-4-3-5-8-16)24-19-12-11-17-9-6-10-20(17)25(23(19)29)14-22(27)28/h3-5,7-8,17,19-21,24H,2,6,9-14H2,1H3,(H,27,28)/t17?,19-,20?,21-/m0/s1. The molecule has 0 spiro atoms. The van der Waals surface area contributed by atoms with Gasteiger partial charge in [0, 0.05) is 24.6 Å². The molecule has 0 bridgehead atoms. The van der Waals surface area contributed by atoms with Crippen molar-refractivity contribution in [3.63, 3.8) is 0 Å². The monoisotopic (exact) mass is 414 g/mol. The third-order valence-electron chi connectivity index (χ3n) is 6.12. The third-order valence-corrected chi connectivity index (χ3v) is 6.12. The second-order valence-corrected chi connectivity index (χ2v) is 8.01. The Balaban J connectivity index is 1.75. The number of aliphatic carboxylic acids is 1. The van der Waals surface area contributed by atoms with Crippen molar-refractivity contribution in [2.75, 3.05) is 13.2 Å². The molecule has 2 N–H and O–H groups in total. The zero-order valence-corrected chi connectivity index (χ0v) is 17.4. The van der Waals surface area contributed by atoms with Crippen molar-refractivity contribution in [3.8, 4) is 0 Å². The van der Waals surface area contributed by atoms with Gasteiger partial charge in [-0.3, -0.25) is 14.9 Å². The van der Waals surface area contributed by atoms with Crippen LogP contribution in [-0.2, 0) is 19.1 Å². The first-order valence-electron chi connectivity index (χ1n) is 10.7. The largest absolute Gasteiger partial charge is 0.480 e. The van der Waals surface area contributed by atoms with Crippen molar-refractivity contribution in [1.82, 2.24) is 10.2 Å². The fraction of sp³-hybridized carbons (Fsp3) is 0.565. The van der Waals surface area contributed by atoms with E-state index in [2.05, 4.69) is 5.32 Å².